The molecule has 0 bridgehead atoms. The van der Waals surface area contributed by atoms with E-state index < -0.39 is 23.7 Å². The minimum Gasteiger partial charge on any atom is -0.347 e. The maximum absolute atomic E-state index is 13.2. The number of nitrogens with one attached hydrogen (secondary N) is 3. The second-order valence-corrected chi connectivity index (χ2v) is 8.27. The molecule has 3 amide bonds. The number of rotatable bonds is 8. The van der Waals surface area contributed by atoms with Crippen LogP contribution in [-0.4, -0.2) is 34.0 Å². The van der Waals surface area contributed by atoms with Crippen LogP contribution in [0.2, 0.25) is 5.02 Å². The molecule has 2 aromatic carbocycles. The Bertz CT molecular complexity index is 1230. The average molecular weight is 486 g/mol. The molecule has 1 atom stereocenters. The Morgan fingerprint density at radius 2 is 1.82 bits per heavy atom. The molecule has 34 heavy (non-hydrogen) atoms. The van der Waals surface area contributed by atoms with E-state index in [-0.39, 0.29) is 23.9 Å². The smallest absolute Gasteiger partial charge is 0.248 e. The number of carbonyl (C=O) groups excluding carboxylic acids is 3. The summed E-state index contributed by atoms with van der Waals surface area (Å²) >= 11 is 6.28. The van der Waals surface area contributed by atoms with E-state index in [1.807, 2.05) is 19.9 Å². The number of nitrogens with zero attached hydrogens (tertiary/aromatic N) is 2. The molecule has 8 nitrogen and oxygen atoms in total. The molecule has 3 N–H and O–H groups in total. The van der Waals surface area contributed by atoms with Gasteiger partial charge in [-0.1, -0.05) is 23.7 Å². The number of anilines is 2. The van der Waals surface area contributed by atoms with E-state index in [9.17, 15) is 18.8 Å². The van der Waals surface area contributed by atoms with Gasteiger partial charge in [-0.2, -0.15) is 5.10 Å². The van der Waals surface area contributed by atoms with Gasteiger partial charge in [-0.3, -0.25) is 19.1 Å². The predicted octanol–water partition coefficient (Wildman–Crippen LogP) is 3.79. The lowest BCUT2D eigenvalue weighted by atomic mass is 10.1. The predicted molar refractivity (Wildman–Crippen MR) is 128 cm³/mol. The molecule has 1 aromatic heterocycles. The van der Waals surface area contributed by atoms with Gasteiger partial charge < -0.3 is 16.0 Å². The summed E-state index contributed by atoms with van der Waals surface area (Å²) in [6.45, 7) is 5.20. The summed E-state index contributed by atoms with van der Waals surface area (Å²) in [6.07, 6.45) is -0.0404. The van der Waals surface area contributed by atoms with E-state index >= 15 is 0 Å². The number of hydrogen-bond acceptors (Lipinski definition) is 4. The number of benzene rings is 2. The van der Waals surface area contributed by atoms with Crippen molar-refractivity contribution in [2.75, 3.05) is 17.2 Å². The standard InChI is InChI=1S/C24H25ClFN5O3/c1-14-9-15(2)31(30-14)16(3)24(34)29-21-8-7-19(12-20(21)25)28-23(33)13-27-22(32)11-17-5-4-6-18(26)10-17/h4-10,12,16H,11,13H2,1-3H3,(H,27,32)(H,28,33)(H,29,34). The molecule has 0 radical (unpaired) electrons. The minimum atomic E-state index is -0.542. The maximum Gasteiger partial charge on any atom is 0.248 e. The van der Waals surface area contributed by atoms with Crippen LogP contribution in [0.4, 0.5) is 15.8 Å². The van der Waals surface area contributed by atoms with Crippen molar-refractivity contribution in [3.8, 4) is 0 Å². The summed E-state index contributed by atoms with van der Waals surface area (Å²) in [5.41, 5.74) is 2.99. The van der Waals surface area contributed by atoms with Gasteiger partial charge in [0.05, 0.1) is 29.4 Å². The quantitative estimate of drug-likeness (QED) is 0.451. The topological polar surface area (TPSA) is 105 Å². The summed E-state index contributed by atoms with van der Waals surface area (Å²) in [4.78, 5) is 36.8. The average Bonchev–Trinajstić information content (AvgIpc) is 3.11. The molecular formula is C24H25ClFN5O3. The lowest BCUT2D eigenvalue weighted by Gasteiger charge is -2.16. The maximum atomic E-state index is 13.2. The Morgan fingerprint density at radius 3 is 2.47 bits per heavy atom. The van der Waals surface area contributed by atoms with E-state index in [0.29, 0.717) is 16.9 Å². The molecule has 0 aliphatic carbocycles. The Morgan fingerprint density at radius 1 is 1.06 bits per heavy atom. The van der Waals surface area contributed by atoms with Crippen LogP contribution < -0.4 is 16.0 Å². The molecule has 1 heterocycles. The highest BCUT2D eigenvalue weighted by Crippen LogP contribution is 2.26. The van der Waals surface area contributed by atoms with Gasteiger partial charge in [0.15, 0.2) is 0 Å². The van der Waals surface area contributed by atoms with Gasteiger partial charge in [-0.25, -0.2) is 4.39 Å². The van der Waals surface area contributed by atoms with Crippen LogP contribution in [0.1, 0.15) is 29.9 Å². The third-order valence-corrected chi connectivity index (χ3v) is 5.31. The second kappa shape index (κ2) is 10.9. The van der Waals surface area contributed by atoms with Gasteiger partial charge in [0.25, 0.3) is 0 Å². The third-order valence-electron chi connectivity index (χ3n) is 5.00. The monoisotopic (exact) mass is 485 g/mol. The molecule has 0 aliphatic rings. The molecule has 0 saturated carbocycles. The van der Waals surface area contributed by atoms with Crippen molar-refractivity contribution < 1.29 is 18.8 Å². The Labute approximate surface area is 201 Å². The molecule has 0 fully saturated rings. The van der Waals surface area contributed by atoms with Gasteiger partial charge >= 0.3 is 0 Å². The van der Waals surface area contributed by atoms with Crippen molar-refractivity contribution in [3.63, 3.8) is 0 Å². The fourth-order valence-electron chi connectivity index (χ4n) is 3.36. The number of amides is 3. The zero-order valence-electron chi connectivity index (χ0n) is 19.0. The van der Waals surface area contributed by atoms with E-state index in [1.165, 1.54) is 24.3 Å². The first-order chi connectivity index (χ1) is 16.1. The van der Waals surface area contributed by atoms with Gasteiger partial charge in [-0.15, -0.1) is 0 Å². The molecule has 3 aromatic rings. The Hall–Kier alpha value is -3.72. The summed E-state index contributed by atoms with van der Waals surface area (Å²) in [5, 5.41) is 12.4. The lowest BCUT2D eigenvalue weighted by molar-refractivity contribution is -0.123. The summed E-state index contributed by atoms with van der Waals surface area (Å²) in [6, 6.07) is 11.7. The van der Waals surface area contributed by atoms with Crippen molar-refractivity contribution in [3.05, 3.63) is 76.3 Å². The zero-order chi connectivity index (χ0) is 24.8. The Balaban J connectivity index is 1.52. The fourth-order valence-corrected chi connectivity index (χ4v) is 3.59. The van der Waals surface area contributed by atoms with Gasteiger partial charge in [0.1, 0.15) is 11.9 Å². The molecule has 3 rings (SSSR count). The molecule has 0 spiro atoms. The number of carbonyl (C=O) groups is 3. The number of halogens is 2. The molecule has 178 valence electrons. The fraction of sp³-hybridized carbons (Fsp3) is 0.250. The van der Waals surface area contributed by atoms with Crippen LogP contribution in [0.5, 0.6) is 0 Å². The molecule has 10 heteroatoms. The summed E-state index contributed by atoms with van der Waals surface area (Å²) in [5.74, 6) is -1.58. The van der Waals surface area contributed by atoms with Gasteiger partial charge in [0, 0.05) is 11.4 Å². The second-order valence-electron chi connectivity index (χ2n) is 7.86. The normalized spacial score (nSPS) is 11.6. The summed E-state index contributed by atoms with van der Waals surface area (Å²) < 4.78 is 14.8. The first-order valence-corrected chi connectivity index (χ1v) is 10.9. The van der Waals surface area contributed by atoms with E-state index in [1.54, 1.807) is 29.8 Å². The lowest BCUT2D eigenvalue weighted by Crippen LogP contribution is -2.33. The molecular weight excluding hydrogens is 461 g/mol. The summed E-state index contributed by atoms with van der Waals surface area (Å²) in [7, 11) is 0. The largest absolute Gasteiger partial charge is 0.347 e. The number of aromatic nitrogens is 2. The molecule has 0 aliphatic heterocycles. The molecule has 0 saturated heterocycles. The van der Waals surface area contributed by atoms with Gasteiger partial charge in [0.2, 0.25) is 17.7 Å². The van der Waals surface area contributed by atoms with Crippen molar-refractivity contribution in [2.24, 2.45) is 0 Å². The van der Waals surface area contributed by atoms with E-state index in [2.05, 4.69) is 21.0 Å². The zero-order valence-corrected chi connectivity index (χ0v) is 19.7. The number of aryl methyl sites for hydroxylation is 2. The number of hydrogen-bond donors (Lipinski definition) is 3. The highest BCUT2D eigenvalue weighted by Gasteiger charge is 2.19. The van der Waals surface area contributed by atoms with E-state index in [0.717, 1.165) is 11.4 Å². The van der Waals surface area contributed by atoms with Crippen LogP contribution in [0.15, 0.2) is 48.5 Å². The van der Waals surface area contributed by atoms with Crippen molar-refractivity contribution in [2.45, 2.75) is 33.2 Å². The highest BCUT2D eigenvalue weighted by atomic mass is 35.5. The van der Waals surface area contributed by atoms with Crippen molar-refractivity contribution in [1.82, 2.24) is 15.1 Å². The van der Waals surface area contributed by atoms with Crippen LogP contribution in [0.3, 0.4) is 0 Å². The van der Waals surface area contributed by atoms with Crippen LogP contribution >= 0.6 is 11.6 Å². The first-order valence-electron chi connectivity index (χ1n) is 10.6. The Kier molecular flexibility index (Phi) is 8.01. The van der Waals surface area contributed by atoms with Crippen molar-refractivity contribution in [1.29, 1.82) is 0 Å². The highest BCUT2D eigenvalue weighted by molar-refractivity contribution is 6.34. The van der Waals surface area contributed by atoms with E-state index in [4.69, 9.17) is 11.6 Å². The van der Waals surface area contributed by atoms with Crippen LogP contribution in [-0.2, 0) is 20.8 Å². The van der Waals surface area contributed by atoms with Gasteiger partial charge in [-0.05, 0) is 62.7 Å². The first kappa shape index (κ1) is 24.9. The SMILES string of the molecule is Cc1cc(C)n(C(C)C(=O)Nc2ccc(NC(=O)CNC(=O)Cc3cccc(F)c3)cc2Cl)n1. The molecule has 1 unspecified atom stereocenters. The minimum absolute atomic E-state index is 0.0404. The van der Waals surface area contributed by atoms with Crippen molar-refractivity contribution >= 4 is 40.7 Å². The van der Waals surface area contributed by atoms with Crippen LogP contribution in [0.25, 0.3) is 0 Å². The van der Waals surface area contributed by atoms with Crippen LogP contribution in [0, 0.1) is 19.7 Å². The third kappa shape index (κ3) is 6.64.